The fourth-order valence-electron chi connectivity index (χ4n) is 11.3. The van der Waals surface area contributed by atoms with Crippen molar-refractivity contribution in [2.24, 2.45) is 5.92 Å². The number of fused-ring (bicyclic) bond motifs is 1. The van der Waals surface area contributed by atoms with E-state index in [1.807, 2.05) is 28.0 Å². The van der Waals surface area contributed by atoms with Gasteiger partial charge in [-0.1, -0.05) is 44.2 Å². The Morgan fingerprint density at radius 2 is 1.63 bits per heavy atom. The molecule has 2 saturated heterocycles. The molecule has 0 radical (unpaired) electrons. The van der Waals surface area contributed by atoms with Gasteiger partial charge in [-0.2, -0.15) is 4.98 Å². The monoisotopic (exact) mass is 1040 g/mol. The number of likely N-dealkylation sites (tertiary alicyclic amines) is 1. The molecule has 2 unspecified atom stereocenters. The van der Waals surface area contributed by atoms with Gasteiger partial charge in [0.15, 0.2) is 5.78 Å². The Hall–Kier alpha value is -6.60. The maximum absolute atomic E-state index is 14.2. The van der Waals surface area contributed by atoms with Gasteiger partial charge in [0.05, 0.1) is 36.1 Å². The van der Waals surface area contributed by atoms with E-state index in [-0.39, 0.29) is 58.4 Å². The molecule has 4 fully saturated rings. The maximum atomic E-state index is 14.2. The molecular formula is C56H71N11O7S. The number of pyridine rings is 2. The summed E-state index contributed by atoms with van der Waals surface area (Å²) in [5.41, 5.74) is 2.79. The number of piperazine rings is 1. The minimum absolute atomic E-state index is 0.0104. The summed E-state index contributed by atoms with van der Waals surface area (Å²) in [7, 11) is 1.74. The highest BCUT2D eigenvalue weighted by molar-refractivity contribution is 7.10. The lowest BCUT2D eigenvalue weighted by molar-refractivity contribution is -0.139. The summed E-state index contributed by atoms with van der Waals surface area (Å²) in [6.07, 6.45) is 16.7. The van der Waals surface area contributed by atoms with Crippen molar-refractivity contribution in [3.63, 3.8) is 0 Å². The summed E-state index contributed by atoms with van der Waals surface area (Å²) < 4.78 is 7.77. The predicted octanol–water partition coefficient (Wildman–Crippen LogP) is 7.87. The number of carbonyl (C=O) groups excluding carboxylic acids is 5. The second-order valence-electron chi connectivity index (χ2n) is 20.7. The second-order valence-corrected chi connectivity index (χ2v) is 21.6. The summed E-state index contributed by atoms with van der Waals surface area (Å²) in [4.78, 5) is 105. The number of carbonyl (C=O) groups is 5. The number of hydrogen-bond acceptors (Lipinski definition) is 15. The van der Waals surface area contributed by atoms with Crippen LogP contribution in [-0.2, 0) is 14.4 Å². The van der Waals surface area contributed by atoms with Crippen LogP contribution in [0.25, 0.3) is 11.0 Å². The van der Waals surface area contributed by atoms with Crippen molar-refractivity contribution < 1.29 is 28.7 Å². The van der Waals surface area contributed by atoms with E-state index in [4.69, 9.17) is 14.7 Å². The van der Waals surface area contributed by atoms with E-state index in [0.29, 0.717) is 91.1 Å². The fourth-order valence-corrected chi connectivity index (χ4v) is 12.3. The average molecular weight is 1040 g/mol. The highest BCUT2D eigenvalue weighted by Crippen LogP contribution is 2.37. The molecule has 0 spiro atoms. The molecule has 3 atom stereocenters. The van der Waals surface area contributed by atoms with Crippen LogP contribution in [0.4, 0.5) is 17.5 Å². The molecule has 18 nitrogen and oxygen atoms in total. The maximum Gasteiger partial charge on any atom is 0.263 e. The van der Waals surface area contributed by atoms with Gasteiger partial charge in [-0.25, -0.2) is 15.0 Å². The van der Waals surface area contributed by atoms with Crippen LogP contribution in [0.5, 0.6) is 5.75 Å². The van der Waals surface area contributed by atoms with E-state index in [1.54, 1.807) is 61.4 Å². The number of Topliss-reactive ketones (excluding diaryl/α,β-unsaturated/α-hetero) is 1. The van der Waals surface area contributed by atoms with Crippen molar-refractivity contribution in [2.75, 3.05) is 56.6 Å². The van der Waals surface area contributed by atoms with Crippen LogP contribution in [-0.4, -0.2) is 122 Å². The molecule has 5 aromatic rings. The molecule has 4 aromatic heterocycles. The van der Waals surface area contributed by atoms with E-state index >= 15 is 0 Å². The first-order valence-electron chi connectivity index (χ1n) is 27.1. The van der Waals surface area contributed by atoms with Gasteiger partial charge in [0.25, 0.3) is 5.56 Å². The van der Waals surface area contributed by atoms with E-state index < -0.39 is 12.1 Å². The number of anilines is 3. The molecular weight excluding hydrogens is 971 g/mol. The molecule has 19 heteroatoms. The lowest BCUT2D eigenvalue weighted by Crippen LogP contribution is -2.55. The number of aromatic nitrogens is 5. The standard InChI is InChI=1S/C56H71N11O7S/c1-35-43-33-59-56(63-51(43)67(40-18-10-11-19-40)54(72)48(35)37(3)68)61-46-24-23-41(32-58-46)64-26-28-65(29-27-64)47(69)22-9-6-12-30-74-42-20-13-17-39(31-42)50(70)44-34-75-53(60-44)45-21-14-25-66(45)55(73)49(38-15-7-5-8-16-38)62-52(71)36(2)57-4/h13,17,20,23-24,31-34,36,38,40,45,49,57H,5-12,14-16,18-19,21-22,25-30H2,1-4H3,(H,62,71)(H,58,59,61,63)/t36?,45-,49?/m0/s1. The molecule has 2 aliphatic carbocycles. The summed E-state index contributed by atoms with van der Waals surface area (Å²) in [6.45, 7) is 8.66. The van der Waals surface area contributed by atoms with Gasteiger partial charge in [-0.15, -0.1) is 11.3 Å². The number of benzene rings is 1. The topological polar surface area (TPSA) is 214 Å². The molecule has 0 bridgehead atoms. The highest BCUT2D eigenvalue weighted by Gasteiger charge is 2.40. The summed E-state index contributed by atoms with van der Waals surface area (Å²) in [5, 5.41) is 12.5. The van der Waals surface area contributed by atoms with Crippen LogP contribution >= 0.6 is 11.3 Å². The van der Waals surface area contributed by atoms with Crippen molar-refractivity contribution in [1.82, 2.24) is 44.9 Å². The Morgan fingerprint density at radius 1 is 0.853 bits per heavy atom. The molecule has 3 N–H and O–H groups in total. The number of nitrogens with one attached hydrogen (secondary N) is 3. The zero-order chi connectivity index (χ0) is 52.6. The van der Waals surface area contributed by atoms with Gasteiger partial charge in [-0.05, 0) is 121 Å². The first-order chi connectivity index (χ1) is 36.4. The molecule has 4 aliphatic rings. The van der Waals surface area contributed by atoms with Crippen LogP contribution in [0.2, 0.25) is 0 Å². The summed E-state index contributed by atoms with van der Waals surface area (Å²) >= 11 is 1.40. The van der Waals surface area contributed by atoms with Gasteiger partial charge >= 0.3 is 0 Å². The van der Waals surface area contributed by atoms with Gasteiger partial charge in [0.2, 0.25) is 29.5 Å². The zero-order valence-corrected chi connectivity index (χ0v) is 44.6. The Bertz CT molecular complexity index is 2920. The van der Waals surface area contributed by atoms with Crippen LogP contribution in [0, 0.1) is 12.8 Å². The Labute approximate surface area is 442 Å². The van der Waals surface area contributed by atoms with Crippen molar-refractivity contribution >= 4 is 69.1 Å². The largest absolute Gasteiger partial charge is 0.494 e. The number of nitrogens with zero attached hydrogens (tertiary/aromatic N) is 8. The number of likely N-dealkylation sites (N-methyl/N-ethyl adjacent to an activating group) is 1. The molecule has 9 rings (SSSR count). The van der Waals surface area contributed by atoms with Crippen molar-refractivity contribution in [1.29, 1.82) is 0 Å². The first-order valence-corrected chi connectivity index (χ1v) is 28.0. The van der Waals surface area contributed by atoms with Gasteiger partial charge in [0, 0.05) is 67.7 Å². The number of aryl methyl sites for hydroxylation is 1. The third kappa shape index (κ3) is 12.3. The number of ether oxygens (including phenoxy) is 1. The SMILES string of the molecule is CNC(C)C(=O)NC(C(=O)N1CCC[C@H]1c1nc(C(=O)c2cccc(OCCCCCC(=O)N3CCN(c4ccc(Nc5ncc6c(C)c(C(C)=O)c(=O)n(C7CCCC7)c6n5)nc4)CC3)c2)cs1)C1CCCCC1. The molecule has 2 aliphatic heterocycles. The quantitative estimate of drug-likeness (QED) is 0.0500. The predicted molar refractivity (Wildman–Crippen MR) is 289 cm³/mol. The van der Waals surface area contributed by atoms with Crippen LogP contribution in [0.1, 0.15) is 159 Å². The number of rotatable bonds is 20. The zero-order valence-electron chi connectivity index (χ0n) is 43.8. The third-order valence-electron chi connectivity index (χ3n) is 15.7. The van der Waals surface area contributed by atoms with Gasteiger partial charge in [0.1, 0.15) is 34.0 Å². The lowest BCUT2D eigenvalue weighted by Gasteiger charge is -2.36. The van der Waals surface area contributed by atoms with Crippen LogP contribution in [0.3, 0.4) is 0 Å². The second kappa shape index (κ2) is 24.4. The Morgan fingerprint density at radius 3 is 2.36 bits per heavy atom. The minimum atomic E-state index is -0.585. The minimum Gasteiger partial charge on any atom is -0.494 e. The molecule has 1 aromatic carbocycles. The van der Waals surface area contributed by atoms with E-state index in [9.17, 15) is 28.8 Å². The number of amides is 3. The van der Waals surface area contributed by atoms with Gasteiger partial charge < -0.3 is 35.4 Å². The van der Waals surface area contributed by atoms with Crippen molar-refractivity contribution in [3.8, 4) is 5.75 Å². The van der Waals surface area contributed by atoms with Crippen LogP contribution < -0.4 is 31.1 Å². The normalized spacial score (nSPS) is 18.3. The van der Waals surface area contributed by atoms with E-state index in [2.05, 4.69) is 30.8 Å². The third-order valence-corrected chi connectivity index (χ3v) is 16.7. The summed E-state index contributed by atoms with van der Waals surface area (Å²) in [6, 6.07) is 9.74. The number of thiazole rings is 1. The lowest BCUT2D eigenvalue weighted by atomic mass is 9.83. The van der Waals surface area contributed by atoms with E-state index in [0.717, 1.165) is 101 Å². The van der Waals surface area contributed by atoms with Crippen molar-refractivity contribution in [3.05, 3.63) is 91.9 Å². The fraction of sp³-hybridized carbons (Fsp3) is 0.536. The van der Waals surface area contributed by atoms with Crippen LogP contribution in [0.15, 0.2) is 59.0 Å². The van der Waals surface area contributed by atoms with Crippen molar-refractivity contribution in [2.45, 2.75) is 141 Å². The molecule has 75 heavy (non-hydrogen) atoms. The number of ketones is 2. The molecule has 6 heterocycles. The first kappa shape index (κ1) is 53.2. The Kier molecular flexibility index (Phi) is 17.3. The molecule has 2 saturated carbocycles. The molecule has 3 amide bonds. The summed E-state index contributed by atoms with van der Waals surface area (Å²) in [5.74, 6) is 1.00. The Balaban J connectivity index is 0.703. The van der Waals surface area contributed by atoms with Gasteiger partial charge in [-0.3, -0.25) is 33.3 Å². The number of unbranched alkanes of at least 4 members (excludes halogenated alkanes) is 2. The number of hydrogen-bond donors (Lipinski definition) is 3. The average Bonchev–Trinajstić information content (AvgIpc) is 4.26. The smallest absolute Gasteiger partial charge is 0.263 e. The highest BCUT2D eigenvalue weighted by atomic mass is 32.1. The van der Waals surface area contributed by atoms with E-state index in [1.165, 1.54) is 18.3 Å². The molecule has 398 valence electrons.